The Morgan fingerprint density at radius 1 is 1.10 bits per heavy atom. The zero-order chi connectivity index (χ0) is 14.7. The number of anilines is 2. The van der Waals surface area contributed by atoms with Crippen LogP contribution in [0.4, 0.5) is 10.3 Å². The molecule has 2 heterocycles. The summed E-state index contributed by atoms with van der Waals surface area (Å²) in [6.07, 6.45) is 0.365. The second-order valence-electron chi connectivity index (χ2n) is 3.92. The van der Waals surface area contributed by atoms with Crippen molar-refractivity contribution in [2.75, 3.05) is 10.6 Å². The van der Waals surface area contributed by atoms with Gasteiger partial charge in [-0.05, 0) is 13.8 Å². The highest BCUT2D eigenvalue weighted by molar-refractivity contribution is 7.18. The van der Waals surface area contributed by atoms with E-state index in [9.17, 15) is 9.59 Å². The number of carbonyl (C=O) groups excluding carboxylic acids is 2. The Morgan fingerprint density at radius 3 is 2.45 bits per heavy atom. The zero-order valence-electron chi connectivity index (χ0n) is 11.2. The fraction of sp³-hybridized carbons (Fsp3) is 0.364. The average molecular weight is 311 g/mol. The molecule has 0 saturated carbocycles. The Bertz CT molecular complexity index is 649. The molecule has 0 aliphatic carbocycles. The molecular weight excluding hydrogens is 298 g/mol. The van der Waals surface area contributed by atoms with Crippen molar-refractivity contribution in [1.29, 1.82) is 0 Å². The van der Waals surface area contributed by atoms with E-state index in [0.717, 1.165) is 16.3 Å². The normalized spacial score (nSPS) is 10.3. The van der Waals surface area contributed by atoms with Gasteiger partial charge in [-0.1, -0.05) is 29.6 Å². The van der Waals surface area contributed by atoms with Crippen molar-refractivity contribution >= 4 is 44.8 Å². The molecule has 0 aromatic carbocycles. The third-order valence-electron chi connectivity index (χ3n) is 2.32. The molecule has 9 heteroatoms. The van der Waals surface area contributed by atoms with Crippen molar-refractivity contribution in [3.05, 3.63) is 15.6 Å². The van der Waals surface area contributed by atoms with E-state index in [2.05, 4.69) is 25.8 Å². The van der Waals surface area contributed by atoms with Crippen LogP contribution < -0.4 is 10.6 Å². The fourth-order valence-corrected chi connectivity index (χ4v) is 2.83. The number of aromatic nitrogens is 3. The lowest BCUT2D eigenvalue weighted by Crippen LogP contribution is -2.11. The highest BCUT2D eigenvalue weighted by Gasteiger charge is 2.17. The van der Waals surface area contributed by atoms with Crippen LogP contribution in [0.15, 0.2) is 0 Å². The maximum atomic E-state index is 12.1. The summed E-state index contributed by atoms with van der Waals surface area (Å²) in [6.45, 7) is 5.28. The first-order chi connectivity index (χ1) is 9.49. The minimum absolute atomic E-state index is 0.134. The number of hydrogen-bond donors (Lipinski definition) is 2. The standard InChI is InChI=1S/C11H13N5O2S2/c1-4-7(17)13-10-12-5(2)8(20-10)9(18)14-11-16-15-6(3)19-11/h4H2,1-3H3,(H,12,13,17)(H,14,16,18). The molecular formula is C11H13N5O2S2. The summed E-state index contributed by atoms with van der Waals surface area (Å²) in [4.78, 5) is 28.0. The summed E-state index contributed by atoms with van der Waals surface area (Å²) in [6, 6.07) is 0. The molecule has 0 saturated heterocycles. The van der Waals surface area contributed by atoms with Gasteiger partial charge in [0.25, 0.3) is 5.91 Å². The SMILES string of the molecule is CCC(=O)Nc1nc(C)c(C(=O)Nc2nnc(C)s2)s1. The fourth-order valence-electron chi connectivity index (χ4n) is 1.37. The van der Waals surface area contributed by atoms with Gasteiger partial charge in [0.1, 0.15) is 9.88 Å². The first kappa shape index (κ1) is 14.5. The van der Waals surface area contributed by atoms with Crippen LogP contribution in [-0.2, 0) is 4.79 Å². The van der Waals surface area contributed by atoms with Gasteiger partial charge in [0.2, 0.25) is 11.0 Å². The van der Waals surface area contributed by atoms with Gasteiger partial charge in [0, 0.05) is 6.42 Å². The summed E-state index contributed by atoms with van der Waals surface area (Å²) < 4.78 is 0. The molecule has 0 spiro atoms. The van der Waals surface area contributed by atoms with Crippen molar-refractivity contribution < 1.29 is 9.59 Å². The van der Waals surface area contributed by atoms with Crippen LogP contribution >= 0.6 is 22.7 Å². The Kier molecular flexibility index (Phi) is 4.40. The monoisotopic (exact) mass is 311 g/mol. The lowest BCUT2D eigenvalue weighted by Gasteiger charge is -1.98. The molecule has 7 nitrogen and oxygen atoms in total. The van der Waals surface area contributed by atoms with Crippen molar-refractivity contribution in [3.63, 3.8) is 0 Å². The Labute approximate surface area is 123 Å². The number of nitrogens with zero attached hydrogens (tertiary/aromatic N) is 3. The van der Waals surface area contributed by atoms with Gasteiger partial charge in [-0.15, -0.1) is 10.2 Å². The Balaban J connectivity index is 2.11. The van der Waals surface area contributed by atoms with Crippen LogP contribution in [0.5, 0.6) is 0 Å². The minimum Gasteiger partial charge on any atom is -0.302 e. The van der Waals surface area contributed by atoms with Crippen molar-refractivity contribution in [2.45, 2.75) is 27.2 Å². The van der Waals surface area contributed by atoms with Crippen LogP contribution in [0.2, 0.25) is 0 Å². The third-order valence-corrected chi connectivity index (χ3v) is 4.14. The Morgan fingerprint density at radius 2 is 1.85 bits per heavy atom. The van der Waals surface area contributed by atoms with Crippen molar-refractivity contribution in [3.8, 4) is 0 Å². The molecule has 0 bridgehead atoms. The van der Waals surface area contributed by atoms with E-state index in [0.29, 0.717) is 27.3 Å². The molecule has 2 rings (SSSR count). The van der Waals surface area contributed by atoms with Crippen LogP contribution in [0.25, 0.3) is 0 Å². The van der Waals surface area contributed by atoms with Gasteiger partial charge >= 0.3 is 0 Å². The number of aryl methyl sites for hydroxylation is 2. The first-order valence-corrected chi connectivity index (χ1v) is 7.51. The molecule has 0 aliphatic heterocycles. The molecule has 2 aromatic rings. The van der Waals surface area contributed by atoms with Gasteiger partial charge in [-0.2, -0.15) is 0 Å². The predicted molar refractivity (Wildman–Crippen MR) is 78.4 cm³/mol. The molecule has 0 unspecified atom stereocenters. The average Bonchev–Trinajstić information content (AvgIpc) is 2.95. The Hall–Kier alpha value is -1.87. The number of hydrogen-bond acceptors (Lipinski definition) is 7. The summed E-state index contributed by atoms with van der Waals surface area (Å²) in [5.41, 5.74) is 0.570. The summed E-state index contributed by atoms with van der Waals surface area (Å²) >= 11 is 2.44. The first-order valence-electron chi connectivity index (χ1n) is 5.88. The maximum absolute atomic E-state index is 12.1. The molecule has 0 radical (unpaired) electrons. The van der Waals surface area contributed by atoms with E-state index in [4.69, 9.17) is 0 Å². The number of amides is 2. The van der Waals surface area contributed by atoms with E-state index in [1.165, 1.54) is 11.3 Å². The van der Waals surface area contributed by atoms with Crippen LogP contribution in [0.1, 0.15) is 33.7 Å². The van der Waals surface area contributed by atoms with Crippen molar-refractivity contribution in [2.24, 2.45) is 0 Å². The van der Waals surface area contributed by atoms with E-state index in [-0.39, 0.29) is 11.8 Å². The van der Waals surface area contributed by atoms with Gasteiger partial charge in [-0.25, -0.2) is 4.98 Å². The maximum Gasteiger partial charge on any atom is 0.269 e. The lowest BCUT2D eigenvalue weighted by atomic mass is 10.4. The number of thiazole rings is 1. The lowest BCUT2D eigenvalue weighted by molar-refractivity contribution is -0.115. The topological polar surface area (TPSA) is 96.9 Å². The molecule has 0 aliphatic rings. The van der Waals surface area contributed by atoms with Crippen molar-refractivity contribution in [1.82, 2.24) is 15.2 Å². The predicted octanol–water partition coefficient (Wildman–Crippen LogP) is 2.21. The number of nitrogens with one attached hydrogen (secondary N) is 2. The molecule has 2 amide bonds. The second-order valence-corrected chi connectivity index (χ2v) is 6.10. The highest BCUT2D eigenvalue weighted by atomic mass is 32.1. The van der Waals surface area contributed by atoms with Gasteiger partial charge in [0.15, 0.2) is 5.13 Å². The molecule has 0 atom stereocenters. The number of carbonyl (C=O) groups is 2. The summed E-state index contributed by atoms with van der Waals surface area (Å²) in [5, 5.41) is 14.6. The summed E-state index contributed by atoms with van der Waals surface area (Å²) in [5.74, 6) is -0.432. The molecule has 0 fully saturated rings. The van der Waals surface area contributed by atoms with Gasteiger partial charge < -0.3 is 5.32 Å². The smallest absolute Gasteiger partial charge is 0.269 e. The quantitative estimate of drug-likeness (QED) is 0.902. The second kappa shape index (κ2) is 6.06. The largest absolute Gasteiger partial charge is 0.302 e. The van der Waals surface area contributed by atoms with Gasteiger partial charge in [0.05, 0.1) is 5.69 Å². The van der Waals surface area contributed by atoms with Crippen LogP contribution in [-0.4, -0.2) is 27.0 Å². The minimum atomic E-state index is -0.298. The molecule has 2 aromatic heterocycles. The highest BCUT2D eigenvalue weighted by Crippen LogP contribution is 2.24. The zero-order valence-corrected chi connectivity index (χ0v) is 12.8. The van der Waals surface area contributed by atoms with Gasteiger partial charge in [-0.3, -0.25) is 14.9 Å². The van der Waals surface area contributed by atoms with E-state index < -0.39 is 0 Å². The molecule has 2 N–H and O–H groups in total. The van der Waals surface area contributed by atoms with E-state index in [1.54, 1.807) is 13.8 Å². The van der Waals surface area contributed by atoms with E-state index >= 15 is 0 Å². The number of rotatable bonds is 4. The summed E-state index contributed by atoms with van der Waals surface area (Å²) in [7, 11) is 0. The molecule has 106 valence electrons. The van der Waals surface area contributed by atoms with Crippen LogP contribution in [0.3, 0.4) is 0 Å². The molecule has 20 heavy (non-hydrogen) atoms. The third kappa shape index (κ3) is 3.36. The van der Waals surface area contributed by atoms with E-state index in [1.807, 2.05) is 6.92 Å². The van der Waals surface area contributed by atoms with Crippen LogP contribution in [0, 0.1) is 13.8 Å².